The molecule has 1 unspecified atom stereocenters. The minimum Gasteiger partial charge on any atom is -0.357 e. The number of ketones is 1. The van der Waals surface area contributed by atoms with Crippen molar-refractivity contribution in [3.05, 3.63) is 75.5 Å². The molecule has 0 saturated heterocycles. The van der Waals surface area contributed by atoms with E-state index in [2.05, 4.69) is 24.5 Å². The highest BCUT2D eigenvalue weighted by atomic mass is 16.6. The van der Waals surface area contributed by atoms with Crippen molar-refractivity contribution in [1.82, 2.24) is 5.32 Å². The molecule has 0 bridgehead atoms. The standard InChI is InChI=1S/C26H28N4O4/c1-26(2)13-20-24(22(31)14-26)25(16-7-11-18(12-8-16)30(33)34)29(15-23(32)27-17-9-10-17)21-6-4-3-5-19(21)28-20/h3-8,11-12,17,25,28H,9-10,13-15H2,1-2H3,(H,27,32). The summed E-state index contributed by atoms with van der Waals surface area (Å²) in [6.45, 7) is 4.23. The summed E-state index contributed by atoms with van der Waals surface area (Å²) in [5, 5.41) is 17.8. The lowest BCUT2D eigenvalue weighted by Crippen LogP contribution is -2.42. The van der Waals surface area contributed by atoms with Crippen LogP contribution in [0.2, 0.25) is 0 Å². The Bertz CT molecular complexity index is 1200. The minimum absolute atomic E-state index is 0.0146. The molecule has 1 fully saturated rings. The monoisotopic (exact) mass is 460 g/mol. The highest BCUT2D eigenvalue weighted by molar-refractivity contribution is 6.01. The first-order valence-electron chi connectivity index (χ1n) is 11.6. The summed E-state index contributed by atoms with van der Waals surface area (Å²) in [4.78, 5) is 39.3. The van der Waals surface area contributed by atoms with Crippen LogP contribution in [-0.2, 0) is 9.59 Å². The van der Waals surface area contributed by atoms with Crippen LogP contribution in [0.1, 0.15) is 51.1 Å². The molecule has 0 aromatic heterocycles. The molecule has 176 valence electrons. The number of rotatable bonds is 5. The molecule has 8 nitrogen and oxygen atoms in total. The minimum atomic E-state index is -0.541. The van der Waals surface area contributed by atoms with Crippen LogP contribution < -0.4 is 15.5 Å². The number of carbonyl (C=O) groups excluding carboxylic acids is 2. The highest BCUT2D eigenvalue weighted by Crippen LogP contribution is 2.48. The predicted octanol–water partition coefficient (Wildman–Crippen LogP) is 4.49. The molecule has 2 aromatic rings. The van der Waals surface area contributed by atoms with Gasteiger partial charge in [-0.3, -0.25) is 19.7 Å². The number of fused-ring (bicyclic) bond motifs is 1. The summed E-state index contributed by atoms with van der Waals surface area (Å²) in [6, 6.07) is 13.7. The van der Waals surface area contributed by atoms with Gasteiger partial charge in [-0.2, -0.15) is 0 Å². The second-order valence-corrected chi connectivity index (χ2v) is 10.2. The molecule has 2 N–H and O–H groups in total. The number of nitrogens with one attached hydrogen (secondary N) is 2. The summed E-state index contributed by atoms with van der Waals surface area (Å²) in [5.41, 5.74) is 3.66. The number of nitrogens with zero attached hydrogens (tertiary/aromatic N) is 2. The van der Waals surface area contributed by atoms with Gasteiger partial charge in [0.15, 0.2) is 5.78 Å². The van der Waals surface area contributed by atoms with Gasteiger partial charge in [0.2, 0.25) is 5.91 Å². The van der Waals surface area contributed by atoms with E-state index in [4.69, 9.17) is 0 Å². The second kappa shape index (κ2) is 8.27. The Labute approximate surface area is 198 Å². The topological polar surface area (TPSA) is 105 Å². The summed E-state index contributed by atoms with van der Waals surface area (Å²) < 4.78 is 0. The number of allylic oxidation sites excluding steroid dienone is 1. The molecule has 1 amide bonds. The number of benzene rings is 2. The number of hydrogen-bond donors (Lipinski definition) is 2. The molecule has 1 heterocycles. The number of non-ortho nitro benzene ring substituents is 1. The Morgan fingerprint density at radius 2 is 1.85 bits per heavy atom. The number of hydrogen-bond acceptors (Lipinski definition) is 6. The number of nitro benzene ring substituents is 1. The van der Waals surface area contributed by atoms with Crippen LogP contribution in [0, 0.1) is 15.5 Å². The molecule has 1 aliphatic heterocycles. The van der Waals surface area contributed by atoms with Gasteiger partial charge in [-0.1, -0.05) is 26.0 Å². The molecular weight excluding hydrogens is 432 g/mol. The third-order valence-corrected chi connectivity index (χ3v) is 6.68. The Morgan fingerprint density at radius 3 is 2.53 bits per heavy atom. The average Bonchev–Trinajstić information content (AvgIpc) is 3.59. The van der Waals surface area contributed by atoms with Crippen LogP contribution in [0.5, 0.6) is 0 Å². The SMILES string of the molecule is CC1(C)CC(=O)C2=C(C1)Nc1ccccc1N(CC(=O)NC1CC1)C2c1ccc([N+](=O)[O-])cc1. The fourth-order valence-electron chi connectivity index (χ4n) is 5.01. The van der Waals surface area contributed by atoms with Gasteiger partial charge >= 0.3 is 0 Å². The van der Waals surface area contributed by atoms with Gasteiger partial charge in [-0.05, 0) is 54.5 Å². The maximum absolute atomic E-state index is 13.6. The van der Waals surface area contributed by atoms with Crippen molar-refractivity contribution in [1.29, 1.82) is 0 Å². The van der Waals surface area contributed by atoms with E-state index in [9.17, 15) is 19.7 Å². The zero-order chi connectivity index (χ0) is 24.0. The summed E-state index contributed by atoms with van der Waals surface area (Å²) in [5.74, 6) is -0.0700. The molecule has 1 saturated carbocycles. The molecule has 1 atom stereocenters. The largest absolute Gasteiger partial charge is 0.357 e. The van der Waals surface area contributed by atoms with Crippen molar-refractivity contribution in [3.63, 3.8) is 0 Å². The van der Waals surface area contributed by atoms with Crippen LogP contribution in [0.25, 0.3) is 0 Å². The van der Waals surface area contributed by atoms with Gasteiger partial charge in [-0.25, -0.2) is 0 Å². The molecule has 2 aliphatic carbocycles. The quantitative estimate of drug-likeness (QED) is 0.503. The summed E-state index contributed by atoms with van der Waals surface area (Å²) in [7, 11) is 0. The zero-order valence-electron chi connectivity index (χ0n) is 19.3. The molecule has 8 heteroatoms. The Kier molecular flexibility index (Phi) is 5.38. The predicted molar refractivity (Wildman–Crippen MR) is 129 cm³/mol. The van der Waals surface area contributed by atoms with Crippen LogP contribution >= 0.6 is 0 Å². The van der Waals surface area contributed by atoms with E-state index in [-0.39, 0.29) is 35.4 Å². The highest BCUT2D eigenvalue weighted by Gasteiger charge is 2.42. The van der Waals surface area contributed by atoms with Crippen molar-refractivity contribution < 1.29 is 14.5 Å². The Hall–Kier alpha value is -3.68. The lowest BCUT2D eigenvalue weighted by atomic mass is 9.73. The third-order valence-electron chi connectivity index (χ3n) is 6.68. The van der Waals surface area contributed by atoms with E-state index in [0.29, 0.717) is 18.4 Å². The summed E-state index contributed by atoms with van der Waals surface area (Å²) in [6.07, 6.45) is 3.06. The lowest BCUT2D eigenvalue weighted by molar-refractivity contribution is -0.384. The van der Waals surface area contributed by atoms with Gasteiger partial charge in [0.25, 0.3) is 5.69 Å². The maximum Gasteiger partial charge on any atom is 0.269 e. The Morgan fingerprint density at radius 1 is 1.15 bits per heavy atom. The van der Waals surface area contributed by atoms with Crippen LogP contribution in [0.15, 0.2) is 59.8 Å². The van der Waals surface area contributed by atoms with Crippen molar-refractivity contribution in [2.24, 2.45) is 5.41 Å². The van der Waals surface area contributed by atoms with Gasteiger partial charge in [0.05, 0.1) is 28.9 Å². The number of Topliss-reactive ketones (excluding diaryl/α,β-unsaturated/α-hetero) is 1. The lowest BCUT2D eigenvalue weighted by Gasteiger charge is -2.37. The number of para-hydroxylation sites is 2. The second-order valence-electron chi connectivity index (χ2n) is 10.2. The first kappa shape index (κ1) is 22.1. The molecule has 0 radical (unpaired) electrons. The molecule has 5 rings (SSSR count). The fraction of sp³-hybridized carbons (Fsp3) is 0.385. The van der Waals surface area contributed by atoms with Crippen LogP contribution in [0.3, 0.4) is 0 Å². The van der Waals surface area contributed by atoms with Gasteiger partial charge < -0.3 is 15.5 Å². The maximum atomic E-state index is 13.6. The van der Waals surface area contributed by atoms with E-state index in [1.165, 1.54) is 12.1 Å². The van der Waals surface area contributed by atoms with Gasteiger partial charge in [-0.15, -0.1) is 0 Å². The van der Waals surface area contributed by atoms with E-state index in [1.54, 1.807) is 12.1 Å². The smallest absolute Gasteiger partial charge is 0.269 e. The van der Waals surface area contributed by atoms with E-state index in [0.717, 1.165) is 35.5 Å². The van der Waals surface area contributed by atoms with Crippen LogP contribution in [0.4, 0.5) is 17.1 Å². The molecule has 0 spiro atoms. The number of anilines is 2. The fourth-order valence-corrected chi connectivity index (χ4v) is 5.01. The first-order chi connectivity index (χ1) is 16.2. The molecule has 3 aliphatic rings. The van der Waals surface area contributed by atoms with Gasteiger partial charge in [0.1, 0.15) is 0 Å². The Balaban J connectivity index is 1.67. The van der Waals surface area contributed by atoms with Crippen LogP contribution in [-0.4, -0.2) is 29.2 Å². The number of carbonyl (C=O) groups is 2. The number of nitro groups is 1. The average molecular weight is 461 g/mol. The normalized spacial score (nSPS) is 21.2. The van der Waals surface area contributed by atoms with Crippen molar-refractivity contribution >= 4 is 28.8 Å². The molecule has 2 aromatic carbocycles. The van der Waals surface area contributed by atoms with Crippen molar-refractivity contribution in [3.8, 4) is 0 Å². The first-order valence-corrected chi connectivity index (χ1v) is 11.6. The van der Waals surface area contributed by atoms with E-state index in [1.807, 2.05) is 29.2 Å². The van der Waals surface area contributed by atoms with Crippen molar-refractivity contribution in [2.75, 3.05) is 16.8 Å². The van der Waals surface area contributed by atoms with Gasteiger partial charge in [0, 0.05) is 35.9 Å². The number of amides is 1. The zero-order valence-corrected chi connectivity index (χ0v) is 19.3. The summed E-state index contributed by atoms with van der Waals surface area (Å²) >= 11 is 0. The molecule has 34 heavy (non-hydrogen) atoms. The molecular formula is C26H28N4O4. The van der Waals surface area contributed by atoms with Crippen molar-refractivity contribution in [2.45, 2.75) is 51.6 Å². The third kappa shape index (κ3) is 4.27. The van der Waals surface area contributed by atoms with E-state index >= 15 is 0 Å². The van der Waals surface area contributed by atoms with E-state index < -0.39 is 11.0 Å².